The molecule has 0 spiro atoms. The van der Waals surface area contributed by atoms with E-state index in [1.807, 2.05) is 13.0 Å². The summed E-state index contributed by atoms with van der Waals surface area (Å²) < 4.78 is 53.3. The number of hydrogen-bond donors (Lipinski definition) is 1. The van der Waals surface area contributed by atoms with E-state index in [9.17, 15) is 27.2 Å². The van der Waals surface area contributed by atoms with Gasteiger partial charge in [0.25, 0.3) is 11.8 Å². The molecule has 2 amide bonds. The van der Waals surface area contributed by atoms with Crippen LogP contribution in [-0.4, -0.2) is 11.8 Å². The Hall–Kier alpha value is -3.94. The number of aryl methyl sites for hydroxylation is 2. The summed E-state index contributed by atoms with van der Waals surface area (Å²) in [5.41, 5.74) is 1.01. The first-order valence-electron chi connectivity index (χ1n) is 9.97. The van der Waals surface area contributed by atoms with Crippen LogP contribution < -0.4 is 10.2 Å². The van der Waals surface area contributed by atoms with Crippen molar-refractivity contribution in [2.45, 2.75) is 20.0 Å². The Morgan fingerprint density at radius 2 is 1.58 bits per heavy atom. The lowest BCUT2D eigenvalue weighted by Crippen LogP contribution is -2.32. The first-order chi connectivity index (χ1) is 15.6. The van der Waals surface area contributed by atoms with Crippen LogP contribution in [0.3, 0.4) is 0 Å². The summed E-state index contributed by atoms with van der Waals surface area (Å²) in [7, 11) is 0. The Bertz CT molecular complexity index is 1310. The Balaban J connectivity index is 1.86. The maximum absolute atomic E-state index is 13.8. The average Bonchev–Trinajstić information content (AvgIpc) is 2.97. The third-order valence-corrected chi connectivity index (χ3v) is 5.26. The SMILES string of the molecule is Cc1ccc(C2=C(Nc3cccc(C(F)(F)F)c3)C(=O)N(c3cccc(F)c3)C2=O)c(C)c1. The number of alkyl halides is 3. The second-order valence-electron chi connectivity index (χ2n) is 7.70. The number of hydrogen-bond acceptors (Lipinski definition) is 3. The lowest BCUT2D eigenvalue weighted by atomic mass is 9.97. The van der Waals surface area contributed by atoms with E-state index in [0.717, 1.165) is 28.7 Å². The van der Waals surface area contributed by atoms with Gasteiger partial charge < -0.3 is 5.32 Å². The maximum Gasteiger partial charge on any atom is 0.416 e. The van der Waals surface area contributed by atoms with E-state index in [2.05, 4.69) is 5.32 Å². The molecule has 8 heteroatoms. The van der Waals surface area contributed by atoms with Crippen LogP contribution in [0.5, 0.6) is 0 Å². The number of amides is 2. The predicted molar refractivity (Wildman–Crippen MR) is 117 cm³/mol. The molecular formula is C25H18F4N2O2. The van der Waals surface area contributed by atoms with Crippen LogP contribution in [0.15, 0.2) is 72.4 Å². The summed E-state index contributed by atoms with van der Waals surface area (Å²) in [5.74, 6) is -2.13. The zero-order chi connectivity index (χ0) is 23.9. The number of rotatable bonds is 4. The fourth-order valence-corrected chi connectivity index (χ4v) is 3.76. The summed E-state index contributed by atoms with van der Waals surface area (Å²) >= 11 is 0. The molecule has 1 heterocycles. The molecule has 1 aliphatic rings. The molecule has 0 aromatic heterocycles. The van der Waals surface area contributed by atoms with Crippen LogP contribution in [0, 0.1) is 19.7 Å². The standard InChI is InChI=1S/C25H18F4N2O2/c1-14-9-10-20(15(2)11-14)21-22(30-18-7-3-5-16(12-18)25(27,28)29)24(33)31(23(21)32)19-8-4-6-17(26)13-19/h3-13,30H,1-2H3. The van der Waals surface area contributed by atoms with E-state index in [1.54, 1.807) is 19.1 Å². The molecular weight excluding hydrogens is 436 g/mol. The van der Waals surface area contributed by atoms with Crippen LogP contribution in [0.4, 0.5) is 28.9 Å². The van der Waals surface area contributed by atoms with Gasteiger partial charge in [0.1, 0.15) is 11.5 Å². The number of halogens is 4. The summed E-state index contributed by atoms with van der Waals surface area (Å²) in [4.78, 5) is 27.5. The van der Waals surface area contributed by atoms with Gasteiger partial charge in [-0.3, -0.25) is 9.59 Å². The van der Waals surface area contributed by atoms with Gasteiger partial charge in [-0.1, -0.05) is 35.9 Å². The molecule has 0 saturated carbocycles. The molecule has 1 aliphatic heterocycles. The van der Waals surface area contributed by atoms with Crippen LogP contribution >= 0.6 is 0 Å². The van der Waals surface area contributed by atoms with Crippen LogP contribution in [0.2, 0.25) is 0 Å². The van der Waals surface area contributed by atoms with Crippen molar-refractivity contribution in [3.05, 3.63) is 100 Å². The third kappa shape index (κ3) is 4.24. The molecule has 1 N–H and O–H groups in total. The average molecular weight is 454 g/mol. The molecule has 3 aromatic carbocycles. The van der Waals surface area contributed by atoms with Crippen molar-refractivity contribution in [3.63, 3.8) is 0 Å². The summed E-state index contributed by atoms with van der Waals surface area (Å²) in [5, 5.41) is 2.71. The Morgan fingerprint density at radius 1 is 0.848 bits per heavy atom. The molecule has 0 radical (unpaired) electrons. The van der Waals surface area contributed by atoms with Crippen molar-refractivity contribution in [1.82, 2.24) is 0 Å². The van der Waals surface area contributed by atoms with E-state index in [4.69, 9.17) is 0 Å². The van der Waals surface area contributed by atoms with Crippen molar-refractivity contribution in [3.8, 4) is 0 Å². The molecule has 0 atom stereocenters. The lowest BCUT2D eigenvalue weighted by molar-refractivity contribution is -0.137. The fourth-order valence-electron chi connectivity index (χ4n) is 3.76. The smallest absolute Gasteiger partial charge is 0.350 e. The topological polar surface area (TPSA) is 49.4 Å². The first-order valence-corrected chi connectivity index (χ1v) is 9.97. The normalized spacial score (nSPS) is 14.3. The van der Waals surface area contributed by atoms with Crippen LogP contribution in [-0.2, 0) is 15.8 Å². The molecule has 3 aromatic rings. The van der Waals surface area contributed by atoms with Gasteiger partial charge in [0, 0.05) is 5.69 Å². The zero-order valence-corrected chi connectivity index (χ0v) is 17.6. The highest BCUT2D eigenvalue weighted by atomic mass is 19.4. The number of carbonyl (C=O) groups is 2. The highest BCUT2D eigenvalue weighted by molar-refractivity contribution is 6.46. The second kappa shape index (κ2) is 8.20. The van der Waals surface area contributed by atoms with Gasteiger partial charge >= 0.3 is 6.18 Å². The zero-order valence-electron chi connectivity index (χ0n) is 17.6. The van der Waals surface area contributed by atoms with Crippen molar-refractivity contribution in [2.24, 2.45) is 0 Å². The van der Waals surface area contributed by atoms with Gasteiger partial charge in [-0.05, 0) is 61.4 Å². The van der Waals surface area contributed by atoms with Gasteiger partial charge in [0.2, 0.25) is 0 Å². The maximum atomic E-state index is 13.8. The monoisotopic (exact) mass is 454 g/mol. The highest BCUT2D eigenvalue weighted by Crippen LogP contribution is 2.36. The van der Waals surface area contributed by atoms with Crippen LogP contribution in [0.1, 0.15) is 22.3 Å². The minimum absolute atomic E-state index is 0.000766. The second-order valence-corrected chi connectivity index (χ2v) is 7.70. The highest BCUT2D eigenvalue weighted by Gasteiger charge is 2.41. The fraction of sp³-hybridized carbons (Fsp3) is 0.120. The van der Waals surface area contributed by atoms with Gasteiger partial charge in [-0.2, -0.15) is 13.2 Å². The van der Waals surface area contributed by atoms with E-state index < -0.39 is 29.4 Å². The van der Waals surface area contributed by atoms with Gasteiger partial charge in [-0.15, -0.1) is 0 Å². The van der Waals surface area contributed by atoms with Crippen molar-refractivity contribution in [1.29, 1.82) is 0 Å². The molecule has 0 bridgehead atoms. The Kier molecular flexibility index (Phi) is 5.53. The first kappa shape index (κ1) is 22.3. The molecule has 33 heavy (non-hydrogen) atoms. The third-order valence-electron chi connectivity index (χ3n) is 5.26. The molecule has 0 saturated heterocycles. The number of nitrogens with zero attached hydrogens (tertiary/aromatic N) is 1. The predicted octanol–water partition coefficient (Wildman–Crippen LogP) is 5.86. The van der Waals surface area contributed by atoms with E-state index in [-0.39, 0.29) is 22.6 Å². The van der Waals surface area contributed by atoms with E-state index in [1.165, 1.54) is 30.3 Å². The lowest BCUT2D eigenvalue weighted by Gasteiger charge is -2.16. The summed E-state index contributed by atoms with van der Waals surface area (Å²) in [6, 6.07) is 14.6. The minimum atomic E-state index is -4.58. The van der Waals surface area contributed by atoms with Crippen molar-refractivity contribution < 1.29 is 27.2 Å². The number of nitrogens with one attached hydrogen (secondary N) is 1. The molecule has 168 valence electrons. The largest absolute Gasteiger partial charge is 0.416 e. The number of carbonyl (C=O) groups excluding carboxylic acids is 2. The Labute approximate surface area is 187 Å². The van der Waals surface area contributed by atoms with E-state index in [0.29, 0.717) is 11.1 Å². The summed E-state index contributed by atoms with van der Waals surface area (Å²) in [6.07, 6.45) is -4.58. The number of imide groups is 1. The van der Waals surface area contributed by atoms with Crippen molar-refractivity contribution in [2.75, 3.05) is 10.2 Å². The van der Waals surface area contributed by atoms with Crippen molar-refractivity contribution >= 4 is 28.8 Å². The van der Waals surface area contributed by atoms with Gasteiger partial charge in [-0.25, -0.2) is 9.29 Å². The molecule has 4 nitrogen and oxygen atoms in total. The van der Waals surface area contributed by atoms with Gasteiger partial charge in [0.15, 0.2) is 0 Å². The minimum Gasteiger partial charge on any atom is -0.350 e. The van der Waals surface area contributed by atoms with Gasteiger partial charge in [0.05, 0.1) is 16.8 Å². The van der Waals surface area contributed by atoms with Crippen LogP contribution in [0.25, 0.3) is 5.57 Å². The molecule has 0 aliphatic carbocycles. The van der Waals surface area contributed by atoms with E-state index >= 15 is 0 Å². The number of benzene rings is 3. The molecule has 0 unspecified atom stereocenters. The Morgan fingerprint density at radius 3 is 2.24 bits per heavy atom. The summed E-state index contributed by atoms with van der Waals surface area (Å²) in [6.45, 7) is 3.63. The number of anilines is 2. The quantitative estimate of drug-likeness (QED) is 0.397. The molecule has 4 rings (SSSR count). The molecule has 0 fully saturated rings.